The highest BCUT2D eigenvalue weighted by Crippen LogP contribution is 2.15. The molecule has 0 unspecified atom stereocenters. The summed E-state index contributed by atoms with van der Waals surface area (Å²) < 4.78 is 0. The zero-order valence-electron chi connectivity index (χ0n) is 9.76. The van der Waals surface area contributed by atoms with Crippen molar-refractivity contribution in [2.45, 2.75) is 58.0 Å². The van der Waals surface area contributed by atoms with E-state index >= 15 is 0 Å². The molecule has 0 spiro atoms. The average Bonchev–Trinajstić information content (AvgIpc) is 2.23. The van der Waals surface area contributed by atoms with Gasteiger partial charge in [0.25, 0.3) is 0 Å². The fraction of sp³-hybridized carbons (Fsp3) is 1.00. The van der Waals surface area contributed by atoms with E-state index in [0.717, 1.165) is 6.04 Å². The Bertz CT molecular complexity index is 124. The van der Waals surface area contributed by atoms with Crippen LogP contribution in [0.1, 0.15) is 45.4 Å². The molecule has 2 N–H and O–H groups in total. The van der Waals surface area contributed by atoms with Crippen LogP contribution in [0.3, 0.4) is 0 Å². The Morgan fingerprint density at radius 3 is 1.86 bits per heavy atom. The number of rotatable bonds is 9. The summed E-state index contributed by atoms with van der Waals surface area (Å²) in [5, 5.41) is 18.3. The first-order valence-electron chi connectivity index (χ1n) is 5.90. The van der Waals surface area contributed by atoms with Crippen LogP contribution in [-0.4, -0.2) is 30.7 Å². The topological polar surface area (TPSA) is 40.5 Å². The van der Waals surface area contributed by atoms with Gasteiger partial charge in [0.2, 0.25) is 0 Å². The minimum absolute atomic E-state index is 0.235. The molecule has 86 valence electrons. The SMILES string of the molecule is CCCCCCCC[Si](C)(CO)CO. The van der Waals surface area contributed by atoms with Crippen molar-refractivity contribution in [1.29, 1.82) is 0 Å². The molecule has 0 aliphatic carbocycles. The number of hydrogen-bond donors (Lipinski definition) is 2. The molecule has 0 atom stereocenters. The second-order valence-electron chi connectivity index (χ2n) is 4.64. The van der Waals surface area contributed by atoms with Gasteiger partial charge in [0.15, 0.2) is 0 Å². The Morgan fingerprint density at radius 2 is 1.36 bits per heavy atom. The summed E-state index contributed by atoms with van der Waals surface area (Å²) in [6.45, 7) is 4.31. The standard InChI is InChI=1S/C11H26O2Si/c1-3-4-5-6-7-8-9-14(2,10-12)11-13/h12-13H,3-11H2,1-2H3. The van der Waals surface area contributed by atoms with Crippen LogP contribution < -0.4 is 0 Å². The fourth-order valence-corrected chi connectivity index (χ4v) is 3.06. The molecule has 14 heavy (non-hydrogen) atoms. The van der Waals surface area contributed by atoms with Gasteiger partial charge in [-0.25, -0.2) is 0 Å². The molecule has 0 aliphatic heterocycles. The summed E-state index contributed by atoms with van der Waals surface area (Å²) >= 11 is 0. The highest BCUT2D eigenvalue weighted by atomic mass is 28.3. The Hall–Kier alpha value is 0.137. The Morgan fingerprint density at radius 1 is 0.857 bits per heavy atom. The van der Waals surface area contributed by atoms with Gasteiger partial charge >= 0.3 is 0 Å². The zero-order valence-corrected chi connectivity index (χ0v) is 10.8. The van der Waals surface area contributed by atoms with Crippen molar-refractivity contribution in [3.05, 3.63) is 0 Å². The van der Waals surface area contributed by atoms with Crippen molar-refractivity contribution >= 4 is 8.07 Å². The molecular weight excluding hydrogens is 192 g/mol. The van der Waals surface area contributed by atoms with Gasteiger partial charge in [-0.15, -0.1) is 0 Å². The van der Waals surface area contributed by atoms with Crippen molar-refractivity contribution < 1.29 is 10.2 Å². The molecular formula is C11H26O2Si. The van der Waals surface area contributed by atoms with Gasteiger partial charge < -0.3 is 10.2 Å². The van der Waals surface area contributed by atoms with Gasteiger partial charge in [0.05, 0.1) is 0 Å². The van der Waals surface area contributed by atoms with E-state index in [4.69, 9.17) is 10.2 Å². The average molecular weight is 218 g/mol. The number of hydrogen-bond acceptors (Lipinski definition) is 2. The molecule has 0 aromatic heterocycles. The summed E-state index contributed by atoms with van der Waals surface area (Å²) in [5.74, 6) is 0. The van der Waals surface area contributed by atoms with Crippen LogP contribution in [0.5, 0.6) is 0 Å². The van der Waals surface area contributed by atoms with E-state index in [9.17, 15) is 0 Å². The van der Waals surface area contributed by atoms with Crippen LogP contribution in [0.15, 0.2) is 0 Å². The van der Waals surface area contributed by atoms with Crippen LogP contribution in [0.2, 0.25) is 12.6 Å². The molecule has 0 rings (SSSR count). The molecule has 0 saturated carbocycles. The van der Waals surface area contributed by atoms with Crippen LogP contribution >= 0.6 is 0 Å². The second kappa shape index (κ2) is 8.45. The van der Waals surface area contributed by atoms with E-state index in [0.29, 0.717) is 0 Å². The van der Waals surface area contributed by atoms with Gasteiger partial charge in [0.1, 0.15) is 8.07 Å². The summed E-state index contributed by atoms with van der Waals surface area (Å²) in [5.41, 5.74) is 0. The van der Waals surface area contributed by atoms with Gasteiger partial charge in [-0.3, -0.25) is 0 Å². The number of aliphatic hydroxyl groups is 2. The molecule has 0 aliphatic rings. The normalized spacial score (nSPS) is 12.0. The summed E-state index contributed by atoms with van der Waals surface area (Å²) in [7, 11) is -1.65. The largest absolute Gasteiger partial charge is 0.400 e. The van der Waals surface area contributed by atoms with Crippen molar-refractivity contribution in [3.63, 3.8) is 0 Å². The highest BCUT2D eigenvalue weighted by Gasteiger charge is 2.24. The van der Waals surface area contributed by atoms with Crippen molar-refractivity contribution in [1.82, 2.24) is 0 Å². The Kier molecular flexibility index (Phi) is 8.53. The summed E-state index contributed by atoms with van der Waals surface area (Å²) in [6.07, 6.45) is 8.21. The summed E-state index contributed by atoms with van der Waals surface area (Å²) in [6, 6.07) is 1.08. The third-order valence-electron chi connectivity index (χ3n) is 2.90. The van der Waals surface area contributed by atoms with Crippen molar-refractivity contribution in [2.24, 2.45) is 0 Å². The first kappa shape index (κ1) is 14.1. The smallest absolute Gasteiger partial charge is 0.109 e. The zero-order chi connectivity index (χ0) is 10.9. The molecule has 0 heterocycles. The van der Waals surface area contributed by atoms with Crippen LogP contribution in [-0.2, 0) is 0 Å². The van der Waals surface area contributed by atoms with E-state index in [1.54, 1.807) is 0 Å². The third-order valence-corrected chi connectivity index (χ3v) is 5.98. The predicted molar refractivity (Wildman–Crippen MR) is 64.0 cm³/mol. The summed E-state index contributed by atoms with van der Waals surface area (Å²) in [4.78, 5) is 0. The molecule has 0 aromatic rings. The van der Waals surface area contributed by atoms with Crippen molar-refractivity contribution in [3.8, 4) is 0 Å². The molecule has 0 radical (unpaired) electrons. The third kappa shape index (κ3) is 6.57. The highest BCUT2D eigenvalue weighted by molar-refractivity contribution is 6.78. The Labute approximate surface area is 89.4 Å². The van der Waals surface area contributed by atoms with E-state index in [1.165, 1.54) is 38.5 Å². The van der Waals surface area contributed by atoms with Gasteiger partial charge in [-0.2, -0.15) is 0 Å². The minimum atomic E-state index is -1.65. The van der Waals surface area contributed by atoms with E-state index < -0.39 is 8.07 Å². The first-order chi connectivity index (χ1) is 6.68. The molecule has 0 saturated heterocycles. The molecule has 0 fully saturated rings. The Balaban J connectivity index is 3.34. The van der Waals surface area contributed by atoms with E-state index in [1.807, 2.05) is 0 Å². The van der Waals surface area contributed by atoms with Crippen LogP contribution in [0.25, 0.3) is 0 Å². The maximum Gasteiger partial charge on any atom is 0.109 e. The minimum Gasteiger partial charge on any atom is -0.400 e. The lowest BCUT2D eigenvalue weighted by atomic mass is 10.1. The fourth-order valence-electron chi connectivity index (χ4n) is 1.54. The lowest BCUT2D eigenvalue weighted by Crippen LogP contribution is -2.40. The molecule has 0 bridgehead atoms. The lowest BCUT2D eigenvalue weighted by molar-refractivity contribution is 0.320. The van der Waals surface area contributed by atoms with Gasteiger partial charge in [0, 0.05) is 12.5 Å². The second-order valence-corrected chi connectivity index (χ2v) is 9.40. The van der Waals surface area contributed by atoms with Crippen LogP contribution in [0.4, 0.5) is 0 Å². The molecule has 3 heteroatoms. The van der Waals surface area contributed by atoms with E-state index in [2.05, 4.69) is 13.5 Å². The van der Waals surface area contributed by atoms with Gasteiger partial charge in [-0.1, -0.05) is 58.0 Å². The van der Waals surface area contributed by atoms with Crippen molar-refractivity contribution in [2.75, 3.05) is 12.5 Å². The number of unbranched alkanes of at least 4 members (excludes halogenated alkanes) is 5. The lowest BCUT2D eigenvalue weighted by Gasteiger charge is -2.21. The number of aliphatic hydroxyl groups excluding tert-OH is 2. The predicted octanol–water partition coefficient (Wildman–Crippen LogP) is 2.49. The van der Waals surface area contributed by atoms with Gasteiger partial charge in [-0.05, 0) is 0 Å². The quantitative estimate of drug-likeness (QED) is 0.461. The van der Waals surface area contributed by atoms with Crippen LogP contribution in [0, 0.1) is 0 Å². The molecule has 0 amide bonds. The van der Waals surface area contributed by atoms with E-state index in [-0.39, 0.29) is 12.5 Å². The maximum absolute atomic E-state index is 9.13. The monoisotopic (exact) mass is 218 g/mol. The maximum atomic E-state index is 9.13. The molecule has 2 nitrogen and oxygen atoms in total. The molecule has 0 aromatic carbocycles. The first-order valence-corrected chi connectivity index (χ1v) is 9.02.